The van der Waals surface area contributed by atoms with Crippen LogP contribution >= 0.6 is 0 Å². The average Bonchev–Trinajstić information content (AvgIpc) is 3.44. The van der Waals surface area contributed by atoms with Gasteiger partial charge in [-0.3, -0.25) is 0 Å². The second-order valence-electron chi connectivity index (χ2n) is 11.2. The predicted octanol–water partition coefficient (Wildman–Crippen LogP) is 4.37. The van der Waals surface area contributed by atoms with Crippen molar-refractivity contribution < 1.29 is 0 Å². The molecular weight excluding hydrogens is 290 g/mol. The van der Waals surface area contributed by atoms with Crippen LogP contribution in [-0.4, -0.2) is 0 Å². The third kappa shape index (κ3) is 1.07. The van der Waals surface area contributed by atoms with Crippen LogP contribution < -0.4 is 0 Å². The average molecular weight is 317 g/mol. The number of fused-ring (bicyclic) bond motifs is 23. The van der Waals surface area contributed by atoms with Gasteiger partial charge in [0.1, 0.15) is 0 Å². The van der Waals surface area contributed by atoms with Crippen molar-refractivity contribution in [1.82, 2.24) is 0 Å². The van der Waals surface area contributed by atoms with Crippen molar-refractivity contribution in [2.75, 3.05) is 0 Å². The van der Waals surface area contributed by atoms with Crippen molar-refractivity contribution in [2.24, 2.45) is 88.8 Å². The normalized spacial score (nSPS) is 74.0. The fourth-order valence-electron chi connectivity index (χ4n) is 11.6. The summed E-state index contributed by atoms with van der Waals surface area (Å²) in [5, 5.41) is 9.61. The van der Waals surface area contributed by atoms with E-state index in [1.54, 1.807) is 12.8 Å². The van der Waals surface area contributed by atoms with Crippen LogP contribution in [0.25, 0.3) is 0 Å². The Morgan fingerprint density at radius 2 is 1.17 bits per heavy atom. The first-order valence-electron chi connectivity index (χ1n) is 10.9. The Bertz CT molecular complexity index is 716. The zero-order valence-electron chi connectivity index (χ0n) is 14.3. The van der Waals surface area contributed by atoms with Crippen LogP contribution in [0.1, 0.15) is 32.1 Å². The molecule has 0 aromatic carbocycles. The van der Waals surface area contributed by atoms with Gasteiger partial charge in [-0.05, 0) is 115 Å². The summed E-state index contributed by atoms with van der Waals surface area (Å²) >= 11 is 0. The summed E-state index contributed by atoms with van der Waals surface area (Å²) in [6.45, 7) is 0. The van der Waals surface area contributed by atoms with Gasteiger partial charge < -0.3 is 0 Å². The molecule has 24 heavy (non-hydrogen) atoms. The molecule has 8 aliphatic rings. The van der Waals surface area contributed by atoms with Crippen molar-refractivity contribution >= 4 is 0 Å². The van der Waals surface area contributed by atoms with Crippen LogP contribution in [0.5, 0.6) is 0 Å². The van der Waals surface area contributed by atoms with Gasteiger partial charge >= 0.3 is 0 Å². The van der Waals surface area contributed by atoms with Crippen LogP contribution in [0.4, 0.5) is 0 Å². The molecule has 0 N–H and O–H groups in total. The quantitative estimate of drug-likeness (QED) is 0.481. The Morgan fingerprint density at radius 3 is 1.83 bits per heavy atom. The van der Waals surface area contributed by atoms with Gasteiger partial charge in [0.05, 0.1) is 6.07 Å². The molecule has 0 saturated heterocycles. The van der Waals surface area contributed by atoms with Gasteiger partial charge in [-0.25, -0.2) is 0 Å². The first-order chi connectivity index (χ1) is 11.8. The lowest BCUT2D eigenvalue weighted by Gasteiger charge is -2.50. The maximum Gasteiger partial charge on any atom is 0.0658 e. The van der Waals surface area contributed by atoms with Gasteiger partial charge in [0.2, 0.25) is 0 Å². The van der Waals surface area contributed by atoms with Gasteiger partial charge in [-0.15, -0.1) is 0 Å². The molecule has 15 unspecified atom stereocenters. The number of allylic oxidation sites excluding steroid dienone is 2. The molecule has 0 aliphatic heterocycles. The lowest BCUT2D eigenvalue weighted by atomic mass is 9.54. The monoisotopic (exact) mass is 317 g/mol. The number of rotatable bonds is 0. The zero-order valence-corrected chi connectivity index (χ0v) is 14.3. The molecule has 15 atom stereocenters. The third-order valence-electron chi connectivity index (χ3n) is 11.4. The number of hydrogen-bond donors (Lipinski definition) is 0. The lowest BCUT2D eigenvalue weighted by molar-refractivity contribution is -0.0226. The number of nitriles is 1. The minimum atomic E-state index is 0.436. The summed E-state index contributed by atoms with van der Waals surface area (Å²) in [7, 11) is 0. The number of hydrogen-bond acceptors (Lipinski definition) is 1. The van der Waals surface area contributed by atoms with Crippen LogP contribution in [0.15, 0.2) is 12.2 Å². The molecule has 7 saturated carbocycles. The van der Waals surface area contributed by atoms with Crippen molar-refractivity contribution in [3.8, 4) is 6.07 Å². The summed E-state index contributed by atoms with van der Waals surface area (Å²) in [4.78, 5) is 0. The summed E-state index contributed by atoms with van der Waals surface area (Å²) in [6.07, 6.45) is 12.7. The lowest BCUT2D eigenvalue weighted by Crippen LogP contribution is -2.46. The van der Waals surface area contributed by atoms with Gasteiger partial charge in [0.25, 0.3) is 0 Å². The Balaban J connectivity index is 1.22. The molecule has 8 bridgehead atoms. The molecule has 1 heteroatoms. The molecule has 1 nitrogen and oxygen atoms in total. The van der Waals surface area contributed by atoms with E-state index >= 15 is 0 Å². The highest BCUT2D eigenvalue weighted by Gasteiger charge is 2.75. The maximum atomic E-state index is 9.61. The second kappa shape index (κ2) is 3.67. The maximum absolute atomic E-state index is 9.61. The highest BCUT2D eigenvalue weighted by atomic mass is 14.8. The molecule has 0 radical (unpaired) electrons. The Kier molecular flexibility index (Phi) is 1.92. The van der Waals surface area contributed by atoms with Crippen LogP contribution in [0.3, 0.4) is 0 Å². The van der Waals surface area contributed by atoms with Gasteiger partial charge in [-0.2, -0.15) is 5.26 Å². The Labute approximate surface area is 144 Å². The number of nitrogens with zero attached hydrogens (tertiary/aromatic N) is 1. The van der Waals surface area contributed by atoms with E-state index in [2.05, 4.69) is 18.2 Å². The molecule has 0 spiro atoms. The van der Waals surface area contributed by atoms with E-state index in [1.165, 1.54) is 19.3 Å². The van der Waals surface area contributed by atoms with E-state index in [0.29, 0.717) is 5.92 Å². The van der Waals surface area contributed by atoms with Crippen LogP contribution in [-0.2, 0) is 0 Å². The highest BCUT2D eigenvalue weighted by Crippen LogP contribution is 2.81. The van der Waals surface area contributed by atoms with E-state index in [1.807, 2.05) is 0 Å². The molecule has 0 aromatic rings. The van der Waals surface area contributed by atoms with Crippen LogP contribution in [0, 0.1) is 100 Å². The third-order valence-corrected chi connectivity index (χ3v) is 11.4. The van der Waals surface area contributed by atoms with Crippen LogP contribution in [0.2, 0.25) is 0 Å². The Morgan fingerprint density at radius 1 is 0.583 bits per heavy atom. The van der Waals surface area contributed by atoms with Crippen molar-refractivity contribution in [2.45, 2.75) is 32.1 Å². The molecule has 0 heterocycles. The van der Waals surface area contributed by atoms with E-state index in [4.69, 9.17) is 0 Å². The molecule has 8 rings (SSSR count). The summed E-state index contributed by atoms with van der Waals surface area (Å²) in [5.41, 5.74) is 0. The predicted molar refractivity (Wildman–Crippen MR) is 90.2 cm³/mol. The van der Waals surface area contributed by atoms with E-state index in [-0.39, 0.29) is 0 Å². The van der Waals surface area contributed by atoms with Crippen molar-refractivity contribution in [3.05, 3.63) is 12.2 Å². The van der Waals surface area contributed by atoms with E-state index < -0.39 is 0 Å². The molecular formula is C23H27N. The van der Waals surface area contributed by atoms with E-state index in [9.17, 15) is 5.26 Å². The topological polar surface area (TPSA) is 23.8 Å². The summed E-state index contributed by atoms with van der Waals surface area (Å²) in [6, 6.07) is 2.71. The van der Waals surface area contributed by atoms with Gasteiger partial charge in [-0.1, -0.05) is 12.2 Å². The SMILES string of the molecule is N#CC1CC2CC1C1C3CC(C21)C1C2CC(C4C5C=CC(C5)C24)C31. The minimum Gasteiger partial charge on any atom is -0.198 e. The summed E-state index contributed by atoms with van der Waals surface area (Å²) in [5.74, 6) is 15.0. The van der Waals surface area contributed by atoms with E-state index in [0.717, 1.165) is 82.9 Å². The molecule has 8 aliphatic carbocycles. The van der Waals surface area contributed by atoms with Crippen molar-refractivity contribution in [3.63, 3.8) is 0 Å². The molecule has 124 valence electrons. The first kappa shape index (κ1) is 12.6. The molecule has 0 amide bonds. The molecule has 7 fully saturated rings. The van der Waals surface area contributed by atoms with Crippen molar-refractivity contribution in [1.29, 1.82) is 5.26 Å². The first-order valence-corrected chi connectivity index (χ1v) is 10.9. The minimum absolute atomic E-state index is 0.436. The second-order valence-corrected chi connectivity index (χ2v) is 11.2. The standard InChI is InChI=1S/C23H27N/c24-8-12-4-11-5-13(12)21-17-7-16(20(11)21)22-14-6-15(23(17)22)19-10-2-1-9(3-10)18(14)19/h1-2,9-23H,3-7H2. The molecule has 0 aromatic heterocycles. The fourth-order valence-corrected chi connectivity index (χ4v) is 11.6. The van der Waals surface area contributed by atoms with Gasteiger partial charge in [0.15, 0.2) is 0 Å². The smallest absolute Gasteiger partial charge is 0.0658 e. The fraction of sp³-hybridized carbons (Fsp3) is 0.870. The summed E-state index contributed by atoms with van der Waals surface area (Å²) < 4.78 is 0. The largest absolute Gasteiger partial charge is 0.198 e. The Hall–Kier alpha value is -0.770. The van der Waals surface area contributed by atoms with Gasteiger partial charge in [0, 0.05) is 5.92 Å². The highest BCUT2D eigenvalue weighted by molar-refractivity contribution is 5.27. The zero-order chi connectivity index (χ0) is 15.3.